The van der Waals surface area contributed by atoms with Gasteiger partial charge in [-0.2, -0.15) is 0 Å². The molecule has 0 amide bonds. The van der Waals surface area contributed by atoms with Crippen LogP contribution in [0.4, 0.5) is 5.82 Å². The summed E-state index contributed by atoms with van der Waals surface area (Å²) in [6.45, 7) is 4.37. The highest BCUT2D eigenvalue weighted by Gasteiger charge is 2.20. The molecule has 2 heterocycles. The highest BCUT2D eigenvalue weighted by molar-refractivity contribution is 6.31. The van der Waals surface area contributed by atoms with Gasteiger partial charge >= 0.3 is 5.97 Å². The number of benzene rings is 1. The molecule has 1 aromatic carbocycles. The molecule has 0 spiro atoms. The van der Waals surface area contributed by atoms with Crippen molar-refractivity contribution < 1.29 is 14.6 Å². The van der Waals surface area contributed by atoms with Gasteiger partial charge in [0.15, 0.2) is 0 Å². The van der Waals surface area contributed by atoms with Crippen molar-refractivity contribution >= 4 is 23.4 Å². The molecule has 0 atom stereocenters. The van der Waals surface area contributed by atoms with Gasteiger partial charge in [0.1, 0.15) is 11.4 Å². The zero-order valence-corrected chi connectivity index (χ0v) is 13.5. The minimum atomic E-state index is -0.980. The van der Waals surface area contributed by atoms with Crippen LogP contribution in [-0.4, -0.2) is 42.4 Å². The first-order valence-corrected chi connectivity index (χ1v) is 7.76. The third kappa shape index (κ3) is 3.30. The Morgan fingerprint density at radius 3 is 2.65 bits per heavy atom. The van der Waals surface area contributed by atoms with Gasteiger partial charge in [0.25, 0.3) is 0 Å². The first kappa shape index (κ1) is 15.8. The van der Waals surface area contributed by atoms with E-state index in [1.165, 1.54) is 0 Å². The van der Waals surface area contributed by atoms with Crippen LogP contribution in [0, 0.1) is 6.92 Å². The topological polar surface area (TPSA) is 62.7 Å². The van der Waals surface area contributed by atoms with Crippen LogP contribution in [0.5, 0.6) is 0 Å². The van der Waals surface area contributed by atoms with E-state index in [4.69, 9.17) is 16.3 Å². The molecule has 2 aromatic rings. The Bertz CT molecular complexity index is 743. The molecule has 1 aliphatic heterocycles. The van der Waals surface area contributed by atoms with E-state index in [0.717, 1.165) is 16.7 Å². The number of carboxylic acid groups (broad SMARTS) is 1. The molecule has 6 heteroatoms. The average molecular weight is 333 g/mol. The Hall–Kier alpha value is -2.11. The second kappa shape index (κ2) is 6.56. The van der Waals surface area contributed by atoms with E-state index < -0.39 is 5.97 Å². The number of carboxylic acids is 1. The number of carbonyl (C=O) groups is 1. The lowest BCUT2D eigenvalue weighted by atomic mass is 10.0. The molecule has 5 nitrogen and oxygen atoms in total. The van der Waals surface area contributed by atoms with Crippen molar-refractivity contribution in [3.05, 3.63) is 46.6 Å². The fourth-order valence-corrected chi connectivity index (χ4v) is 2.74. The smallest absolute Gasteiger partial charge is 0.339 e. The lowest BCUT2D eigenvalue weighted by Gasteiger charge is -2.28. The lowest BCUT2D eigenvalue weighted by molar-refractivity contribution is 0.0696. The quantitative estimate of drug-likeness (QED) is 0.934. The standard InChI is InChI=1S/C17H17ClN2O3/c1-11-8-12(2-3-15(11)18)13-9-14(17(21)22)16(19-10-13)20-4-6-23-7-5-20/h2-3,8-10H,4-7H2,1H3,(H,21,22). The van der Waals surface area contributed by atoms with Gasteiger partial charge in [0.05, 0.1) is 13.2 Å². The van der Waals surface area contributed by atoms with Crippen LogP contribution >= 0.6 is 11.6 Å². The summed E-state index contributed by atoms with van der Waals surface area (Å²) in [6, 6.07) is 7.27. The van der Waals surface area contributed by atoms with Crippen LogP contribution in [-0.2, 0) is 4.74 Å². The Kier molecular flexibility index (Phi) is 4.50. The number of aryl methyl sites for hydroxylation is 1. The number of hydrogen-bond acceptors (Lipinski definition) is 4. The van der Waals surface area contributed by atoms with Crippen molar-refractivity contribution in [2.24, 2.45) is 0 Å². The van der Waals surface area contributed by atoms with E-state index >= 15 is 0 Å². The normalized spacial score (nSPS) is 14.8. The van der Waals surface area contributed by atoms with Gasteiger partial charge in [0, 0.05) is 29.9 Å². The summed E-state index contributed by atoms with van der Waals surface area (Å²) in [5.74, 6) is -0.484. The predicted octanol–water partition coefficient (Wildman–Crippen LogP) is 3.25. The molecule has 3 rings (SSSR count). The largest absolute Gasteiger partial charge is 0.478 e. The van der Waals surface area contributed by atoms with Crippen molar-refractivity contribution in [3.8, 4) is 11.1 Å². The average Bonchev–Trinajstić information content (AvgIpc) is 2.57. The van der Waals surface area contributed by atoms with E-state index in [1.807, 2.05) is 30.0 Å². The molecule has 1 saturated heterocycles. The van der Waals surface area contributed by atoms with Crippen LogP contribution in [0.15, 0.2) is 30.5 Å². The van der Waals surface area contributed by atoms with Crippen molar-refractivity contribution in [1.82, 2.24) is 4.98 Å². The summed E-state index contributed by atoms with van der Waals surface area (Å²) >= 11 is 6.05. The highest BCUT2D eigenvalue weighted by atomic mass is 35.5. The first-order valence-electron chi connectivity index (χ1n) is 7.39. The highest BCUT2D eigenvalue weighted by Crippen LogP contribution is 2.28. The zero-order chi connectivity index (χ0) is 16.4. The number of nitrogens with zero attached hydrogens (tertiary/aromatic N) is 2. The summed E-state index contributed by atoms with van der Waals surface area (Å²) in [4.78, 5) is 18.0. The Morgan fingerprint density at radius 1 is 1.26 bits per heavy atom. The minimum absolute atomic E-state index is 0.206. The number of halogens is 1. The fraction of sp³-hybridized carbons (Fsp3) is 0.294. The van der Waals surface area contributed by atoms with Gasteiger partial charge in [-0.25, -0.2) is 9.78 Å². The fourth-order valence-electron chi connectivity index (χ4n) is 2.62. The molecule has 0 aliphatic carbocycles. The maximum absolute atomic E-state index is 11.6. The number of hydrogen-bond donors (Lipinski definition) is 1. The third-order valence-corrected chi connectivity index (χ3v) is 4.32. The molecule has 1 fully saturated rings. The van der Waals surface area contributed by atoms with E-state index in [1.54, 1.807) is 12.3 Å². The van der Waals surface area contributed by atoms with Crippen molar-refractivity contribution in [1.29, 1.82) is 0 Å². The van der Waals surface area contributed by atoms with Gasteiger partial charge in [-0.15, -0.1) is 0 Å². The van der Waals surface area contributed by atoms with Gasteiger partial charge in [-0.05, 0) is 36.2 Å². The van der Waals surface area contributed by atoms with Gasteiger partial charge in [0.2, 0.25) is 0 Å². The summed E-state index contributed by atoms with van der Waals surface area (Å²) < 4.78 is 5.31. The first-order chi connectivity index (χ1) is 11.1. The predicted molar refractivity (Wildman–Crippen MR) is 89.4 cm³/mol. The molecule has 0 saturated carbocycles. The third-order valence-electron chi connectivity index (χ3n) is 3.90. The number of anilines is 1. The monoisotopic (exact) mass is 332 g/mol. The van der Waals surface area contributed by atoms with Crippen molar-refractivity contribution in [3.63, 3.8) is 0 Å². The van der Waals surface area contributed by atoms with Crippen LogP contribution in [0.2, 0.25) is 5.02 Å². The van der Waals surface area contributed by atoms with Gasteiger partial charge in [-0.3, -0.25) is 0 Å². The SMILES string of the molecule is Cc1cc(-c2cnc(N3CCOCC3)c(C(=O)O)c2)ccc1Cl. The number of aromatic nitrogens is 1. The van der Waals surface area contributed by atoms with Crippen LogP contribution in [0.25, 0.3) is 11.1 Å². The molecule has 0 unspecified atom stereocenters. The number of morpholine rings is 1. The lowest BCUT2D eigenvalue weighted by Crippen LogP contribution is -2.37. The Balaban J connectivity index is 2.01. The van der Waals surface area contributed by atoms with E-state index in [9.17, 15) is 9.90 Å². The molecule has 0 bridgehead atoms. The molecule has 1 aromatic heterocycles. The molecule has 1 N–H and O–H groups in total. The molecule has 23 heavy (non-hydrogen) atoms. The minimum Gasteiger partial charge on any atom is -0.478 e. The maximum Gasteiger partial charge on any atom is 0.339 e. The summed E-state index contributed by atoms with van der Waals surface area (Å²) in [7, 11) is 0. The van der Waals surface area contributed by atoms with Crippen molar-refractivity contribution in [2.45, 2.75) is 6.92 Å². The molecule has 120 valence electrons. The number of pyridine rings is 1. The number of rotatable bonds is 3. The summed E-state index contributed by atoms with van der Waals surface area (Å²) in [6.07, 6.45) is 1.71. The van der Waals surface area contributed by atoms with Gasteiger partial charge in [-0.1, -0.05) is 17.7 Å². The van der Waals surface area contributed by atoms with E-state index in [2.05, 4.69) is 4.98 Å². The molecular weight excluding hydrogens is 316 g/mol. The zero-order valence-electron chi connectivity index (χ0n) is 12.8. The van der Waals surface area contributed by atoms with Crippen molar-refractivity contribution in [2.75, 3.05) is 31.2 Å². The second-order valence-corrected chi connectivity index (χ2v) is 5.87. The molecular formula is C17H17ClN2O3. The van der Waals surface area contributed by atoms with Gasteiger partial charge < -0.3 is 14.7 Å². The summed E-state index contributed by atoms with van der Waals surface area (Å²) in [5.41, 5.74) is 2.81. The number of ether oxygens (including phenoxy) is 1. The van der Waals surface area contributed by atoms with Crippen LogP contribution in [0.1, 0.15) is 15.9 Å². The summed E-state index contributed by atoms with van der Waals surface area (Å²) in [5, 5.41) is 10.2. The Labute approximate surface area is 139 Å². The van der Waals surface area contributed by atoms with E-state index in [-0.39, 0.29) is 5.56 Å². The Morgan fingerprint density at radius 2 is 2.00 bits per heavy atom. The molecule has 0 radical (unpaired) electrons. The van der Waals surface area contributed by atoms with E-state index in [0.29, 0.717) is 37.1 Å². The maximum atomic E-state index is 11.6. The van der Waals surface area contributed by atoms with Crippen LogP contribution in [0.3, 0.4) is 0 Å². The second-order valence-electron chi connectivity index (χ2n) is 5.46. The number of aromatic carboxylic acids is 1. The van der Waals surface area contributed by atoms with Crippen LogP contribution < -0.4 is 4.90 Å². The molecule has 1 aliphatic rings.